The molecule has 0 saturated heterocycles. The van der Waals surface area contributed by atoms with Crippen LogP contribution in [0, 0.1) is 5.82 Å². The highest BCUT2D eigenvalue weighted by molar-refractivity contribution is 9.10. The van der Waals surface area contributed by atoms with E-state index in [0.717, 1.165) is 15.8 Å². The molecule has 0 amide bonds. The largest absolute Gasteiger partial charge is 0.497 e. The summed E-state index contributed by atoms with van der Waals surface area (Å²) in [7, 11) is 1.60. The molecule has 0 radical (unpaired) electrons. The summed E-state index contributed by atoms with van der Waals surface area (Å²) in [6.07, 6.45) is 0. The summed E-state index contributed by atoms with van der Waals surface area (Å²) in [5, 5.41) is 0. The van der Waals surface area contributed by atoms with Crippen molar-refractivity contribution in [1.29, 1.82) is 0 Å². The van der Waals surface area contributed by atoms with Gasteiger partial charge in [-0.15, -0.1) is 0 Å². The molecule has 19 heavy (non-hydrogen) atoms. The van der Waals surface area contributed by atoms with Crippen LogP contribution in [-0.4, -0.2) is 7.11 Å². The number of hydrogen-bond donors (Lipinski definition) is 1. The first-order valence-corrected chi connectivity index (χ1v) is 6.39. The third-order valence-corrected chi connectivity index (χ3v) is 3.38. The quantitative estimate of drug-likeness (QED) is 0.870. The van der Waals surface area contributed by atoms with Crippen molar-refractivity contribution in [3.63, 3.8) is 0 Å². The zero-order valence-electron chi connectivity index (χ0n) is 10.3. The predicted octanol–water partition coefficient (Wildman–Crippen LogP) is 3.76. The Labute approximate surface area is 119 Å². The van der Waals surface area contributed by atoms with Crippen LogP contribution in [0.3, 0.4) is 0 Å². The maximum Gasteiger partial charge on any atom is 0.142 e. The summed E-state index contributed by atoms with van der Waals surface area (Å²) in [4.78, 5) is 0. The maximum absolute atomic E-state index is 12.9. The minimum absolute atomic E-state index is 0.277. The van der Waals surface area contributed by atoms with Crippen LogP contribution in [0.4, 0.5) is 10.1 Å². The molecule has 0 heterocycles. The van der Waals surface area contributed by atoms with E-state index in [1.54, 1.807) is 7.11 Å². The molecule has 2 N–H and O–H groups in total. The second-order valence-electron chi connectivity index (χ2n) is 3.93. The molecule has 2 rings (SSSR count). The van der Waals surface area contributed by atoms with Crippen LogP contribution < -0.4 is 15.2 Å². The van der Waals surface area contributed by atoms with Gasteiger partial charge in [-0.25, -0.2) is 4.39 Å². The van der Waals surface area contributed by atoms with Gasteiger partial charge in [0.15, 0.2) is 0 Å². The Kier molecular flexibility index (Phi) is 4.27. The Hall–Kier alpha value is -1.75. The summed E-state index contributed by atoms with van der Waals surface area (Å²) in [6, 6.07) is 9.65. The highest BCUT2D eigenvalue weighted by Crippen LogP contribution is 2.26. The minimum Gasteiger partial charge on any atom is -0.497 e. The third-order valence-electron chi connectivity index (χ3n) is 2.61. The first-order valence-electron chi connectivity index (χ1n) is 5.60. The van der Waals surface area contributed by atoms with E-state index in [-0.39, 0.29) is 11.5 Å². The Morgan fingerprint density at radius 3 is 2.68 bits per heavy atom. The maximum atomic E-state index is 12.9. The first kappa shape index (κ1) is 13.7. The molecule has 0 aromatic heterocycles. The lowest BCUT2D eigenvalue weighted by atomic mass is 10.2. The van der Waals surface area contributed by atoms with Crippen LogP contribution in [0.5, 0.6) is 11.5 Å². The standard InChI is InChI=1S/C14H13BrFNO2/c1-18-11-3-4-12(15)9(6-11)8-19-14-5-2-10(16)7-13(14)17/h2-7H,8,17H2,1H3. The molecule has 2 aromatic rings. The molecule has 0 unspecified atom stereocenters. The summed E-state index contributed by atoms with van der Waals surface area (Å²) >= 11 is 3.44. The average molecular weight is 326 g/mol. The molecule has 0 aliphatic heterocycles. The van der Waals surface area contributed by atoms with Gasteiger partial charge in [0.25, 0.3) is 0 Å². The summed E-state index contributed by atoms with van der Waals surface area (Å²) in [6.45, 7) is 0.313. The zero-order chi connectivity index (χ0) is 13.8. The average Bonchev–Trinajstić information content (AvgIpc) is 2.39. The normalized spacial score (nSPS) is 10.3. The van der Waals surface area contributed by atoms with Gasteiger partial charge in [0.2, 0.25) is 0 Å². The Morgan fingerprint density at radius 1 is 1.21 bits per heavy atom. The number of anilines is 1. The van der Waals surface area contributed by atoms with Crippen LogP contribution in [0.2, 0.25) is 0 Å². The summed E-state index contributed by atoms with van der Waals surface area (Å²) < 4.78 is 24.6. The van der Waals surface area contributed by atoms with Crippen molar-refractivity contribution >= 4 is 21.6 Å². The lowest BCUT2D eigenvalue weighted by Crippen LogP contribution is -2.00. The van der Waals surface area contributed by atoms with E-state index in [0.29, 0.717) is 12.4 Å². The second-order valence-corrected chi connectivity index (χ2v) is 4.78. The Balaban J connectivity index is 2.14. The van der Waals surface area contributed by atoms with E-state index in [9.17, 15) is 4.39 Å². The highest BCUT2D eigenvalue weighted by atomic mass is 79.9. The topological polar surface area (TPSA) is 44.5 Å². The van der Waals surface area contributed by atoms with Gasteiger partial charge >= 0.3 is 0 Å². The van der Waals surface area contributed by atoms with Crippen molar-refractivity contribution < 1.29 is 13.9 Å². The van der Waals surface area contributed by atoms with Gasteiger partial charge in [-0.2, -0.15) is 0 Å². The molecule has 0 atom stereocenters. The van der Waals surface area contributed by atoms with E-state index in [2.05, 4.69) is 15.9 Å². The SMILES string of the molecule is COc1ccc(Br)c(COc2ccc(F)cc2N)c1. The summed E-state index contributed by atoms with van der Waals surface area (Å²) in [5.41, 5.74) is 6.87. The number of halogens is 2. The zero-order valence-corrected chi connectivity index (χ0v) is 11.9. The number of hydrogen-bond acceptors (Lipinski definition) is 3. The van der Waals surface area contributed by atoms with Gasteiger partial charge in [0.05, 0.1) is 12.8 Å². The van der Waals surface area contributed by atoms with Crippen molar-refractivity contribution in [3.05, 3.63) is 52.3 Å². The summed E-state index contributed by atoms with van der Waals surface area (Å²) in [5.74, 6) is 0.817. The number of methoxy groups -OCH3 is 1. The smallest absolute Gasteiger partial charge is 0.142 e. The number of benzene rings is 2. The van der Waals surface area contributed by atoms with E-state index < -0.39 is 0 Å². The molecule has 0 aliphatic carbocycles. The van der Waals surface area contributed by atoms with Crippen molar-refractivity contribution in [2.45, 2.75) is 6.61 Å². The van der Waals surface area contributed by atoms with Gasteiger partial charge in [-0.3, -0.25) is 0 Å². The molecule has 0 spiro atoms. The molecule has 5 heteroatoms. The minimum atomic E-state index is -0.382. The van der Waals surface area contributed by atoms with Gasteiger partial charge in [0, 0.05) is 16.1 Å². The van der Waals surface area contributed by atoms with Crippen molar-refractivity contribution in [2.24, 2.45) is 0 Å². The van der Waals surface area contributed by atoms with Crippen LogP contribution in [0.25, 0.3) is 0 Å². The lowest BCUT2D eigenvalue weighted by molar-refractivity contribution is 0.305. The van der Waals surface area contributed by atoms with Crippen molar-refractivity contribution in [2.75, 3.05) is 12.8 Å². The number of rotatable bonds is 4. The molecule has 0 fully saturated rings. The van der Waals surface area contributed by atoms with E-state index >= 15 is 0 Å². The fourth-order valence-corrected chi connectivity index (χ4v) is 1.96. The number of ether oxygens (including phenoxy) is 2. The highest BCUT2D eigenvalue weighted by Gasteiger charge is 2.06. The van der Waals surface area contributed by atoms with E-state index in [4.69, 9.17) is 15.2 Å². The van der Waals surface area contributed by atoms with Crippen LogP contribution in [0.15, 0.2) is 40.9 Å². The van der Waals surface area contributed by atoms with E-state index in [1.165, 1.54) is 18.2 Å². The van der Waals surface area contributed by atoms with Crippen molar-refractivity contribution in [3.8, 4) is 11.5 Å². The first-order chi connectivity index (χ1) is 9.10. The van der Waals surface area contributed by atoms with E-state index in [1.807, 2.05) is 18.2 Å². The lowest BCUT2D eigenvalue weighted by Gasteiger charge is -2.11. The monoisotopic (exact) mass is 325 g/mol. The fraction of sp³-hybridized carbons (Fsp3) is 0.143. The molecule has 0 bridgehead atoms. The van der Waals surface area contributed by atoms with Gasteiger partial charge < -0.3 is 15.2 Å². The van der Waals surface area contributed by atoms with Gasteiger partial charge in [0.1, 0.15) is 23.9 Å². The molecular weight excluding hydrogens is 313 g/mol. The number of nitrogens with two attached hydrogens (primary N) is 1. The van der Waals surface area contributed by atoms with Gasteiger partial charge in [-0.1, -0.05) is 15.9 Å². The Bertz CT molecular complexity index is 590. The molecule has 0 aliphatic rings. The molecule has 2 aromatic carbocycles. The molecular formula is C14H13BrFNO2. The second kappa shape index (κ2) is 5.93. The molecule has 3 nitrogen and oxygen atoms in total. The molecule has 100 valence electrons. The van der Waals surface area contributed by atoms with Crippen molar-refractivity contribution in [1.82, 2.24) is 0 Å². The third kappa shape index (κ3) is 3.38. The number of nitrogen functional groups attached to an aromatic ring is 1. The molecule has 0 saturated carbocycles. The fourth-order valence-electron chi connectivity index (χ4n) is 1.59. The van der Waals surface area contributed by atoms with Crippen LogP contribution in [-0.2, 0) is 6.61 Å². The van der Waals surface area contributed by atoms with Crippen LogP contribution >= 0.6 is 15.9 Å². The Morgan fingerprint density at radius 2 is 2.00 bits per heavy atom. The van der Waals surface area contributed by atoms with Gasteiger partial charge in [-0.05, 0) is 30.3 Å². The predicted molar refractivity (Wildman–Crippen MR) is 75.8 cm³/mol. The van der Waals surface area contributed by atoms with Crippen LogP contribution in [0.1, 0.15) is 5.56 Å².